The van der Waals surface area contributed by atoms with Crippen molar-refractivity contribution >= 4 is 28.8 Å². The number of hydrogen-bond donors (Lipinski definition) is 1. The van der Waals surface area contributed by atoms with Crippen molar-refractivity contribution in [2.24, 2.45) is 0 Å². The van der Waals surface area contributed by atoms with Crippen LogP contribution < -0.4 is 19.7 Å². The van der Waals surface area contributed by atoms with Crippen molar-refractivity contribution in [1.82, 2.24) is 0 Å². The van der Waals surface area contributed by atoms with E-state index in [-0.39, 0.29) is 11.8 Å². The summed E-state index contributed by atoms with van der Waals surface area (Å²) in [5, 5.41) is 3.15. The van der Waals surface area contributed by atoms with Crippen LogP contribution in [0.3, 0.4) is 0 Å². The molecule has 3 aromatic rings. The Kier molecular flexibility index (Phi) is 5.94. The predicted octanol–water partition coefficient (Wildman–Crippen LogP) is 4.88. The molecule has 0 aliphatic carbocycles. The molecule has 0 atom stereocenters. The highest BCUT2D eigenvalue weighted by Gasteiger charge is 2.41. The van der Waals surface area contributed by atoms with Gasteiger partial charge in [0.15, 0.2) is 0 Å². The lowest BCUT2D eigenvalue weighted by molar-refractivity contribution is -0.120. The maximum absolute atomic E-state index is 13.6. The highest BCUT2D eigenvalue weighted by atomic mass is 16.5. The van der Waals surface area contributed by atoms with Gasteiger partial charge in [-0.25, -0.2) is 4.90 Å². The second-order valence-corrected chi connectivity index (χ2v) is 7.55. The van der Waals surface area contributed by atoms with E-state index in [1.165, 1.54) is 4.90 Å². The Morgan fingerprint density at radius 3 is 2.12 bits per heavy atom. The SMILES string of the molecule is COc1ccc(NC2=C(c3ccccc3)C(=O)N(c3ccccc3OC(C)C)C2=O)cc1. The summed E-state index contributed by atoms with van der Waals surface area (Å²) in [5.41, 5.74) is 2.27. The molecule has 6 heteroatoms. The van der Waals surface area contributed by atoms with Crippen LogP contribution in [-0.4, -0.2) is 25.0 Å². The molecule has 1 aliphatic heterocycles. The van der Waals surface area contributed by atoms with Crippen LogP contribution in [-0.2, 0) is 9.59 Å². The maximum atomic E-state index is 13.6. The zero-order chi connectivity index (χ0) is 22.7. The molecule has 32 heavy (non-hydrogen) atoms. The highest BCUT2D eigenvalue weighted by Crippen LogP contribution is 2.38. The van der Waals surface area contributed by atoms with Crippen LogP contribution >= 0.6 is 0 Å². The minimum Gasteiger partial charge on any atom is -0.497 e. The molecule has 1 heterocycles. The van der Waals surface area contributed by atoms with Crippen molar-refractivity contribution in [2.45, 2.75) is 20.0 Å². The van der Waals surface area contributed by atoms with Gasteiger partial charge in [-0.05, 0) is 55.8 Å². The number of carbonyl (C=O) groups is 2. The Hall–Kier alpha value is -4.06. The van der Waals surface area contributed by atoms with E-state index in [0.29, 0.717) is 34.0 Å². The van der Waals surface area contributed by atoms with E-state index in [4.69, 9.17) is 9.47 Å². The number of imide groups is 1. The number of rotatable bonds is 7. The number of para-hydroxylation sites is 2. The summed E-state index contributed by atoms with van der Waals surface area (Å²) in [5.74, 6) is 0.326. The van der Waals surface area contributed by atoms with E-state index < -0.39 is 11.8 Å². The van der Waals surface area contributed by atoms with Crippen LogP contribution in [0, 0.1) is 0 Å². The number of carbonyl (C=O) groups excluding carboxylic acids is 2. The molecule has 1 N–H and O–H groups in total. The molecular formula is C26H24N2O4. The van der Waals surface area contributed by atoms with Gasteiger partial charge < -0.3 is 14.8 Å². The molecule has 2 amide bonds. The average molecular weight is 428 g/mol. The highest BCUT2D eigenvalue weighted by molar-refractivity contribution is 6.46. The van der Waals surface area contributed by atoms with Gasteiger partial charge in [0.25, 0.3) is 11.8 Å². The second-order valence-electron chi connectivity index (χ2n) is 7.55. The number of ether oxygens (including phenoxy) is 2. The normalized spacial score (nSPS) is 13.7. The molecule has 6 nitrogen and oxygen atoms in total. The topological polar surface area (TPSA) is 67.9 Å². The fraction of sp³-hybridized carbons (Fsp3) is 0.154. The summed E-state index contributed by atoms with van der Waals surface area (Å²) in [6.07, 6.45) is -0.109. The van der Waals surface area contributed by atoms with Gasteiger partial charge in [0.2, 0.25) is 0 Å². The predicted molar refractivity (Wildman–Crippen MR) is 125 cm³/mol. The van der Waals surface area contributed by atoms with Gasteiger partial charge in [-0.1, -0.05) is 42.5 Å². The van der Waals surface area contributed by atoms with E-state index in [1.54, 1.807) is 49.6 Å². The fourth-order valence-corrected chi connectivity index (χ4v) is 3.55. The Morgan fingerprint density at radius 2 is 1.47 bits per heavy atom. The Labute approximate surface area is 187 Å². The van der Waals surface area contributed by atoms with Gasteiger partial charge in [-0.3, -0.25) is 9.59 Å². The number of methoxy groups -OCH3 is 1. The van der Waals surface area contributed by atoms with E-state index in [0.717, 1.165) is 0 Å². The van der Waals surface area contributed by atoms with E-state index in [1.807, 2.05) is 50.2 Å². The third-order valence-electron chi connectivity index (χ3n) is 4.97. The first-order chi connectivity index (χ1) is 15.5. The molecule has 0 saturated carbocycles. The molecule has 0 aromatic heterocycles. The molecule has 0 spiro atoms. The van der Waals surface area contributed by atoms with E-state index >= 15 is 0 Å². The average Bonchev–Trinajstić information content (AvgIpc) is 3.04. The molecule has 0 saturated heterocycles. The monoisotopic (exact) mass is 428 g/mol. The molecule has 4 rings (SSSR count). The van der Waals surface area contributed by atoms with Gasteiger partial charge in [0, 0.05) is 5.69 Å². The maximum Gasteiger partial charge on any atom is 0.282 e. The zero-order valence-electron chi connectivity index (χ0n) is 18.2. The third kappa shape index (κ3) is 4.07. The molecule has 162 valence electrons. The molecule has 0 radical (unpaired) electrons. The summed E-state index contributed by atoms with van der Waals surface area (Å²) in [7, 11) is 1.59. The van der Waals surface area contributed by atoms with Crippen molar-refractivity contribution in [3.63, 3.8) is 0 Å². The van der Waals surface area contributed by atoms with Crippen LogP contribution in [0.25, 0.3) is 5.57 Å². The number of hydrogen-bond acceptors (Lipinski definition) is 5. The van der Waals surface area contributed by atoms with Gasteiger partial charge in [-0.15, -0.1) is 0 Å². The smallest absolute Gasteiger partial charge is 0.282 e. The number of anilines is 2. The molecule has 0 unspecified atom stereocenters. The van der Waals surface area contributed by atoms with Crippen molar-refractivity contribution < 1.29 is 19.1 Å². The van der Waals surface area contributed by atoms with Gasteiger partial charge in [0.05, 0.1) is 24.5 Å². The second kappa shape index (κ2) is 8.98. The molecule has 0 bridgehead atoms. The summed E-state index contributed by atoms with van der Waals surface area (Å²) in [4.78, 5) is 28.3. The minimum atomic E-state index is -0.440. The quantitative estimate of drug-likeness (QED) is 0.544. The first-order valence-corrected chi connectivity index (χ1v) is 10.3. The van der Waals surface area contributed by atoms with Crippen LogP contribution in [0.5, 0.6) is 11.5 Å². The van der Waals surface area contributed by atoms with Crippen LogP contribution in [0.1, 0.15) is 19.4 Å². The van der Waals surface area contributed by atoms with Crippen LogP contribution in [0.4, 0.5) is 11.4 Å². The lowest BCUT2D eigenvalue weighted by Gasteiger charge is -2.20. The summed E-state index contributed by atoms with van der Waals surface area (Å²) in [6, 6.07) is 23.4. The van der Waals surface area contributed by atoms with E-state index in [9.17, 15) is 9.59 Å². The van der Waals surface area contributed by atoms with Gasteiger partial charge in [0.1, 0.15) is 17.2 Å². The fourth-order valence-electron chi connectivity index (χ4n) is 3.55. The first kappa shape index (κ1) is 21.2. The Balaban J connectivity index is 1.79. The standard InChI is InChI=1S/C26H24N2O4/c1-17(2)32-22-12-8-7-11-21(22)28-25(29)23(18-9-5-4-6-10-18)24(26(28)30)27-19-13-15-20(31-3)16-14-19/h4-17,27H,1-3H3. The van der Waals surface area contributed by atoms with Crippen LogP contribution in [0.15, 0.2) is 84.6 Å². The number of benzene rings is 3. The molecule has 3 aromatic carbocycles. The van der Waals surface area contributed by atoms with Crippen molar-refractivity contribution in [3.05, 3.63) is 90.1 Å². The van der Waals surface area contributed by atoms with Crippen molar-refractivity contribution in [2.75, 3.05) is 17.3 Å². The Morgan fingerprint density at radius 1 is 0.812 bits per heavy atom. The summed E-state index contributed by atoms with van der Waals surface area (Å²) < 4.78 is 11.1. The first-order valence-electron chi connectivity index (χ1n) is 10.3. The number of amides is 2. The third-order valence-corrected chi connectivity index (χ3v) is 4.97. The molecular weight excluding hydrogens is 404 g/mol. The van der Waals surface area contributed by atoms with Gasteiger partial charge >= 0.3 is 0 Å². The van der Waals surface area contributed by atoms with Gasteiger partial charge in [-0.2, -0.15) is 0 Å². The molecule has 0 fully saturated rings. The number of nitrogens with one attached hydrogen (secondary N) is 1. The molecule has 1 aliphatic rings. The van der Waals surface area contributed by atoms with E-state index in [2.05, 4.69) is 5.32 Å². The zero-order valence-corrected chi connectivity index (χ0v) is 18.2. The largest absolute Gasteiger partial charge is 0.497 e. The lowest BCUT2D eigenvalue weighted by atomic mass is 10.0. The number of nitrogens with zero attached hydrogens (tertiary/aromatic N) is 1. The van der Waals surface area contributed by atoms with Crippen molar-refractivity contribution in [1.29, 1.82) is 0 Å². The van der Waals surface area contributed by atoms with Crippen molar-refractivity contribution in [3.8, 4) is 11.5 Å². The van der Waals surface area contributed by atoms with Crippen LogP contribution in [0.2, 0.25) is 0 Å². The minimum absolute atomic E-state index is 0.109. The summed E-state index contributed by atoms with van der Waals surface area (Å²) in [6.45, 7) is 3.80. The lowest BCUT2D eigenvalue weighted by Crippen LogP contribution is -2.33. The summed E-state index contributed by atoms with van der Waals surface area (Å²) >= 11 is 0. The Bertz CT molecular complexity index is 1170.